The molecule has 0 amide bonds. The number of nitrogens with zero attached hydrogens (tertiary/aromatic N) is 1. The number of rotatable bonds is 6. The molecule has 0 fully saturated rings. The van der Waals surface area contributed by atoms with Gasteiger partial charge in [0.25, 0.3) is 0 Å². The third-order valence-electron chi connectivity index (χ3n) is 2.92. The Bertz CT molecular complexity index is 353. The first-order valence-corrected chi connectivity index (χ1v) is 6.27. The van der Waals surface area contributed by atoms with Crippen molar-refractivity contribution < 1.29 is 4.39 Å². The summed E-state index contributed by atoms with van der Waals surface area (Å²) in [5.41, 5.74) is 6.69. The van der Waals surface area contributed by atoms with Gasteiger partial charge in [-0.2, -0.15) is 0 Å². The predicted molar refractivity (Wildman–Crippen MR) is 70.6 cm³/mol. The zero-order valence-corrected chi connectivity index (χ0v) is 11.2. The third kappa shape index (κ3) is 4.62. The Hall–Kier alpha value is -0.640. The molecule has 1 aromatic carbocycles. The van der Waals surface area contributed by atoms with Crippen LogP contribution in [0.2, 0.25) is 5.02 Å². The summed E-state index contributed by atoms with van der Waals surface area (Å²) in [5, 5.41) is 0.182. The maximum atomic E-state index is 13.0. The van der Waals surface area contributed by atoms with Gasteiger partial charge in [0.15, 0.2) is 0 Å². The number of halogens is 2. The molecule has 1 aromatic rings. The lowest BCUT2D eigenvalue weighted by Crippen LogP contribution is -2.29. The molecule has 0 radical (unpaired) electrons. The van der Waals surface area contributed by atoms with Crippen LogP contribution in [0.1, 0.15) is 18.9 Å². The molecule has 0 saturated carbocycles. The quantitative estimate of drug-likeness (QED) is 0.850. The Morgan fingerprint density at radius 2 is 2.18 bits per heavy atom. The van der Waals surface area contributed by atoms with Crippen LogP contribution in [0.3, 0.4) is 0 Å². The first-order valence-electron chi connectivity index (χ1n) is 5.89. The summed E-state index contributed by atoms with van der Waals surface area (Å²) < 4.78 is 13.0. The van der Waals surface area contributed by atoms with Crippen molar-refractivity contribution in [3.8, 4) is 0 Å². The predicted octanol–water partition coefficient (Wildman–Crippen LogP) is 2.90. The van der Waals surface area contributed by atoms with Crippen LogP contribution in [0.5, 0.6) is 0 Å². The van der Waals surface area contributed by atoms with Crippen molar-refractivity contribution in [2.45, 2.75) is 19.9 Å². The largest absolute Gasteiger partial charge is 0.330 e. The summed E-state index contributed by atoms with van der Waals surface area (Å²) in [5.74, 6) is 0.141. The maximum Gasteiger partial charge on any atom is 0.141 e. The Morgan fingerprint density at radius 3 is 2.71 bits per heavy atom. The average molecular weight is 259 g/mol. The summed E-state index contributed by atoms with van der Waals surface area (Å²) in [4.78, 5) is 2.19. The number of nitrogens with two attached hydrogens (primary N) is 1. The van der Waals surface area contributed by atoms with E-state index in [1.165, 1.54) is 6.07 Å². The van der Waals surface area contributed by atoms with E-state index >= 15 is 0 Å². The highest BCUT2D eigenvalue weighted by Gasteiger charge is 2.09. The summed E-state index contributed by atoms with van der Waals surface area (Å²) in [6.45, 7) is 4.55. The summed E-state index contributed by atoms with van der Waals surface area (Å²) in [6, 6.07) is 4.85. The fourth-order valence-electron chi connectivity index (χ4n) is 1.83. The average Bonchev–Trinajstić information content (AvgIpc) is 2.31. The molecule has 0 aliphatic heterocycles. The molecule has 1 rings (SSSR count). The van der Waals surface area contributed by atoms with E-state index in [2.05, 4.69) is 11.8 Å². The minimum absolute atomic E-state index is 0.182. The van der Waals surface area contributed by atoms with Gasteiger partial charge in [-0.25, -0.2) is 4.39 Å². The molecule has 4 heteroatoms. The van der Waals surface area contributed by atoms with Crippen LogP contribution < -0.4 is 5.73 Å². The fraction of sp³-hybridized carbons (Fsp3) is 0.538. The highest BCUT2D eigenvalue weighted by Crippen LogP contribution is 2.17. The van der Waals surface area contributed by atoms with E-state index in [1.807, 2.05) is 7.05 Å². The highest BCUT2D eigenvalue weighted by atomic mass is 35.5. The van der Waals surface area contributed by atoms with Gasteiger partial charge in [-0.05, 0) is 37.2 Å². The Labute approximate surface area is 108 Å². The van der Waals surface area contributed by atoms with E-state index < -0.39 is 0 Å². The number of hydrogen-bond acceptors (Lipinski definition) is 2. The topological polar surface area (TPSA) is 29.3 Å². The monoisotopic (exact) mass is 258 g/mol. The second-order valence-corrected chi connectivity index (χ2v) is 4.86. The van der Waals surface area contributed by atoms with E-state index in [1.54, 1.807) is 12.1 Å². The van der Waals surface area contributed by atoms with E-state index in [0.29, 0.717) is 12.5 Å². The molecule has 96 valence electrons. The van der Waals surface area contributed by atoms with Gasteiger partial charge in [0.2, 0.25) is 0 Å². The van der Waals surface area contributed by atoms with Crippen molar-refractivity contribution in [2.75, 3.05) is 20.1 Å². The van der Waals surface area contributed by atoms with Crippen LogP contribution in [0.15, 0.2) is 18.2 Å². The molecule has 1 atom stereocenters. The smallest absolute Gasteiger partial charge is 0.141 e. The van der Waals surface area contributed by atoms with E-state index in [9.17, 15) is 4.39 Å². The van der Waals surface area contributed by atoms with Crippen LogP contribution in [0.25, 0.3) is 0 Å². The molecule has 0 bridgehead atoms. The molecule has 0 aliphatic carbocycles. The molecular formula is C13H20ClFN2. The van der Waals surface area contributed by atoms with Crippen molar-refractivity contribution in [1.29, 1.82) is 0 Å². The molecule has 0 heterocycles. The molecule has 0 spiro atoms. The van der Waals surface area contributed by atoms with Crippen molar-refractivity contribution >= 4 is 11.6 Å². The van der Waals surface area contributed by atoms with E-state index in [-0.39, 0.29) is 10.8 Å². The van der Waals surface area contributed by atoms with Crippen LogP contribution in [0, 0.1) is 11.7 Å². The second-order valence-electron chi connectivity index (χ2n) is 4.46. The van der Waals surface area contributed by atoms with Crippen molar-refractivity contribution in [2.24, 2.45) is 11.7 Å². The minimum atomic E-state index is -0.369. The lowest BCUT2D eigenvalue weighted by molar-refractivity contribution is 0.268. The molecular weight excluding hydrogens is 239 g/mol. The zero-order chi connectivity index (χ0) is 12.8. The normalized spacial score (nSPS) is 13.1. The summed E-state index contributed by atoms with van der Waals surface area (Å²) in [6.07, 6.45) is 1.07. The van der Waals surface area contributed by atoms with Gasteiger partial charge in [-0.3, -0.25) is 0 Å². The van der Waals surface area contributed by atoms with Crippen LogP contribution in [-0.4, -0.2) is 25.0 Å². The lowest BCUT2D eigenvalue weighted by atomic mass is 10.1. The minimum Gasteiger partial charge on any atom is -0.330 e. The third-order valence-corrected chi connectivity index (χ3v) is 3.21. The van der Waals surface area contributed by atoms with E-state index in [0.717, 1.165) is 25.1 Å². The van der Waals surface area contributed by atoms with Crippen molar-refractivity contribution in [3.05, 3.63) is 34.6 Å². The molecule has 0 saturated heterocycles. The van der Waals surface area contributed by atoms with Gasteiger partial charge in [-0.15, -0.1) is 0 Å². The Balaban J connectivity index is 2.55. The molecule has 1 unspecified atom stereocenters. The van der Waals surface area contributed by atoms with Crippen LogP contribution >= 0.6 is 11.6 Å². The van der Waals surface area contributed by atoms with Crippen molar-refractivity contribution in [1.82, 2.24) is 4.90 Å². The Morgan fingerprint density at radius 1 is 1.47 bits per heavy atom. The summed E-state index contributed by atoms with van der Waals surface area (Å²) >= 11 is 5.74. The number of benzene rings is 1. The van der Waals surface area contributed by atoms with Gasteiger partial charge in [0.1, 0.15) is 5.82 Å². The SMILES string of the molecule is CCC(CN)CN(C)Cc1ccc(F)c(Cl)c1. The molecule has 2 nitrogen and oxygen atoms in total. The maximum absolute atomic E-state index is 13.0. The molecule has 17 heavy (non-hydrogen) atoms. The molecule has 0 aromatic heterocycles. The zero-order valence-electron chi connectivity index (χ0n) is 10.4. The standard InChI is InChI=1S/C13H20ClFN2/c1-3-10(7-16)8-17(2)9-11-4-5-13(15)12(14)6-11/h4-6,10H,3,7-9,16H2,1-2H3. The number of hydrogen-bond donors (Lipinski definition) is 1. The van der Waals surface area contributed by atoms with Crippen LogP contribution in [0.4, 0.5) is 4.39 Å². The van der Waals surface area contributed by atoms with Crippen LogP contribution in [-0.2, 0) is 6.54 Å². The van der Waals surface area contributed by atoms with Gasteiger partial charge < -0.3 is 10.6 Å². The highest BCUT2D eigenvalue weighted by molar-refractivity contribution is 6.30. The molecule has 2 N–H and O–H groups in total. The first kappa shape index (κ1) is 14.4. The van der Waals surface area contributed by atoms with E-state index in [4.69, 9.17) is 17.3 Å². The van der Waals surface area contributed by atoms with Crippen molar-refractivity contribution in [3.63, 3.8) is 0 Å². The first-order chi connectivity index (χ1) is 8.06. The van der Waals surface area contributed by atoms with Gasteiger partial charge >= 0.3 is 0 Å². The van der Waals surface area contributed by atoms with Gasteiger partial charge in [-0.1, -0.05) is 31.0 Å². The Kier molecular flexibility index (Phi) is 5.89. The molecule has 0 aliphatic rings. The van der Waals surface area contributed by atoms with Gasteiger partial charge in [0, 0.05) is 13.1 Å². The lowest BCUT2D eigenvalue weighted by Gasteiger charge is -2.22. The fourth-order valence-corrected chi connectivity index (χ4v) is 2.03. The second kappa shape index (κ2) is 6.94. The van der Waals surface area contributed by atoms with Gasteiger partial charge in [0.05, 0.1) is 5.02 Å². The summed E-state index contributed by atoms with van der Waals surface area (Å²) in [7, 11) is 2.04.